The van der Waals surface area contributed by atoms with Gasteiger partial charge in [0.05, 0.1) is 13.0 Å². The molecule has 2 aromatic rings. The number of amides is 10. The molecule has 25 nitrogen and oxygen atoms in total. The van der Waals surface area contributed by atoms with Gasteiger partial charge in [0.15, 0.2) is 5.96 Å². The van der Waals surface area contributed by atoms with Crippen molar-refractivity contribution in [2.45, 2.75) is 159 Å². The van der Waals surface area contributed by atoms with Crippen molar-refractivity contribution >= 4 is 86.6 Å². The van der Waals surface area contributed by atoms with Crippen molar-refractivity contribution in [3.8, 4) is 5.75 Å². The van der Waals surface area contributed by atoms with Crippen LogP contribution in [0.1, 0.15) is 109 Å². The summed E-state index contributed by atoms with van der Waals surface area (Å²) in [6.07, 6.45) is 7.23. The van der Waals surface area contributed by atoms with Gasteiger partial charge in [0.1, 0.15) is 54.1 Å². The molecule has 4 saturated carbocycles. The van der Waals surface area contributed by atoms with E-state index in [-0.39, 0.29) is 87.1 Å². The number of nitrogens with two attached hydrogens (primary N) is 4. The lowest BCUT2D eigenvalue weighted by Gasteiger charge is -2.56. The van der Waals surface area contributed by atoms with Gasteiger partial charge in [-0.15, -0.1) is 0 Å². The summed E-state index contributed by atoms with van der Waals surface area (Å²) >= 11 is 0. The average molecular weight is 1250 g/mol. The molecule has 0 spiro atoms. The van der Waals surface area contributed by atoms with E-state index in [9.17, 15) is 47.9 Å². The fourth-order valence-electron chi connectivity index (χ4n) is 13.2. The van der Waals surface area contributed by atoms with Crippen LogP contribution >= 0.6 is 21.6 Å². The minimum absolute atomic E-state index is 0.0160. The van der Waals surface area contributed by atoms with E-state index >= 15 is 0 Å². The Labute approximate surface area is 516 Å². The number of primary amides is 1. The molecule has 2 saturated heterocycles. The maximum atomic E-state index is 14.8. The van der Waals surface area contributed by atoms with Gasteiger partial charge < -0.3 is 75.1 Å². The van der Waals surface area contributed by atoms with E-state index in [4.69, 9.17) is 27.7 Å². The largest absolute Gasteiger partial charge is 0.494 e. The number of carbonyl (C=O) groups is 10. The van der Waals surface area contributed by atoms with Crippen molar-refractivity contribution in [1.82, 2.24) is 47.4 Å². The van der Waals surface area contributed by atoms with E-state index in [1.165, 1.54) is 24.2 Å². The molecule has 2 aliphatic heterocycles. The zero-order valence-electron chi connectivity index (χ0n) is 50.0. The number of nitrogens with zero attached hydrogens (tertiary/aromatic N) is 2. The van der Waals surface area contributed by atoms with Crippen molar-refractivity contribution in [1.29, 1.82) is 0 Å². The summed E-state index contributed by atoms with van der Waals surface area (Å²) in [5.74, 6) is -5.45. The molecule has 6 aliphatic rings. The molecule has 27 heteroatoms. The molecule has 4 aliphatic carbocycles. The quantitative estimate of drug-likeness (QED) is 0.0241. The van der Waals surface area contributed by atoms with Crippen LogP contribution in [0.15, 0.2) is 59.6 Å². The Morgan fingerprint density at radius 2 is 1.38 bits per heavy atom. The second-order valence-electron chi connectivity index (χ2n) is 24.2. The number of guanidine groups is 1. The van der Waals surface area contributed by atoms with Gasteiger partial charge in [-0.25, -0.2) is 0 Å². The van der Waals surface area contributed by atoms with Crippen LogP contribution in [0.4, 0.5) is 0 Å². The van der Waals surface area contributed by atoms with E-state index < -0.39 is 114 Å². The highest BCUT2D eigenvalue weighted by Crippen LogP contribution is 2.61. The van der Waals surface area contributed by atoms with E-state index in [0.29, 0.717) is 48.5 Å². The maximum absolute atomic E-state index is 14.8. The highest BCUT2D eigenvalue weighted by Gasteiger charge is 2.52. The number of hydrogen-bond donors (Lipinski definition) is 12. The van der Waals surface area contributed by atoms with Crippen LogP contribution < -0.4 is 70.2 Å². The third-order valence-corrected chi connectivity index (χ3v) is 19.3. The summed E-state index contributed by atoms with van der Waals surface area (Å²) in [6, 6.07) is 6.05. The second kappa shape index (κ2) is 32.2. The van der Waals surface area contributed by atoms with Crippen LogP contribution in [0.25, 0.3) is 0 Å². The minimum Gasteiger partial charge on any atom is -0.494 e. The SMILES string of the molecule is CCOc1ccc(C[C@@H](NC(=O)CC23CC4CC(CC(C4)C2)C3)C(=O)N[C@@H](Cc2ccccc2)C(=O)N[C@H](C(=O)N[C@@H](CC(N)=O)C(=O)N[C@H]2CSSC[C@@H](C(=O)NCCN)NC(=O)[C@H](CCCN=C(N)N)NC(=O)[C@@H]3CCCN3C2=O)C(C)C)cc1. The van der Waals surface area contributed by atoms with Gasteiger partial charge in [-0.1, -0.05) is 77.9 Å². The number of ether oxygens (including phenoxy) is 1. The molecule has 0 aromatic heterocycles. The lowest BCUT2D eigenvalue weighted by molar-refractivity contribution is -0.142. The molecule has 16 N–H and O–H groups in total. The lowest BCUT2D eigenvalue weighted by atomic mass is 9.49. The number of aliphatic imine (C=N–C) groups is 1. The Bertz CT molecular complexity index is 2760. The zero-order valence-corrected chi connectivity index (χ0v) is 51.6. The molecule has 6 fully saturated rings. The number of rotatable bonds is 27. The third-order valence-electron chi connectivity index (χ3n) is 16.9. The first-order valence-corrected chi connectivity index (χ1v) is 32.8. The highest BCUT2D eigenvalue weighted by molar-refractivity contribution is 8.76. The fraction of sp³-hybridized carbons (Fsp3) is 0.617. The Balaban J connectivity index is 1.08. The maximum Gasteiger partial charge on any atom is 0.246 e. The van der Waals surface area contributed by atoms with Crippen LogP contribution in [0.2, 0.25) is 0 Å². The first kappa shape index (κ1) is 67.4. The smallest absolute Gasteiger partial charge is 0.246 e. The van der Waals surface area contributed by atoms with Crippen molar-refractivity contribution in [2.24, 2.45) is 57.0 Å². The molecular formula is C60H88N14O11S2. The van der Waals surface area contributed by atoms with E-state index in [1.54, 1.807) is 50.2 Å². The molecular weight excluding hydrogens is 1160 g/mol. The Hall–Kier alpha value is -7.13. The van der Waals surface area contributed by atoms with Crippen molar-refractivity contribution in [3.63, 3.8) is 0 Å². The summed E-state index contributed by atoms with van der Waals surface area (Å²) in [7, 11) is 2.22. The Kier molecular flexibility index (Phi) is 24.9. The average Bonchev–Trinajstić information content (AvgIpc) is 1.41. The van der Waals surface area contributed by atoms with E-state index in [0.717, 1.165) is 46.4 Å². The molecule has 8 rings (SSSR count). The second-order valence-corrected chi connectivity index (χ2v) is 26.7. The number of fused-ring (bicyclic) bond motifs is 1. The molecule has 87 heavy (non-hydrogen) atoms. The number of hydrogen-bond acceptors (Lipinski definition) is 15. The molecule has 8 atom stereocenters. The van der Waals surface area contributed by atoms with Crippen molar-refractivity contribution < 1.29 is 52.7 Å². The highest BCUT2D eigenvalue weighted by atomic mass is 33.1. The van der Waals surface area contributed by atoms with E-state index in [2.05, 4.69) is 47.5 Å². The molecule has 2 aromatic carbocycles. The molecule has 10 amide bonds. The van der Waals surface area contributed by atoms with Gasteiger partial charge in [0.25, 0.3) is 0 Å². The van der Waals surface area contributed by atoms with Gasteiger partial charge in [-0.2, -0.15) is 0 Å². The molecule has 0 unspecified atom stereocenters. The van der Waals surface area contributed by atoms with Gasteiger partial charge in [-0.3, -0.25) is 52.9 Å². The molecule has 4 bridgehead atoms. The summed E-state index contributed by atoms with van der Waals surface area (Å²) in [5.41, 5.74) is 23.6. The molecule has 2 heterocycles. The number of benzene rings is 2. The van der Waals surface area contributed by atoms with Crippen LogP contribution in [0.5, 0.6) is 5.75 Å². The van der Waals surface area contributed by atoms with Gasteiger partial charge in [-0.05, 0) is 123 Å². The van der Waals surface area contributed by atoms with Gasteiger partial charge in [0, 0.05) is 56.9 Å². The molecule has 0 radical (unpaired) electrons. The summed E-state index contributed by atoms with van der Waals surface area (Å²) in [5, 5.41) is 22.2. The normalized spacial score (nSPS) is 25.0. The van der Waals surface area contributed by atoms with Crippen LogP contribution in [-0.2, 0) is 60.8 Å². The summed E-state index contributed by atoms with van der Waals surface area (Å²) in [6.45, 7) is 6.14. The van der Waals surface area contributed by atoms with Crippen LogP contribution in [0.3, 0.4) is 0 Å². The van der Waals surface area contributed by atoms with Gasteiger partial charge in [0.2, 0.25) is 59.1 Å². The summed E-state index contributed by atoms with van der Waals surface area (Å²) in [4.78, 5) is 147. The van der Waals surface area contributed by atoms with Gasteiger partial charge >= 0.3 is 0 Å². The van der Waals surface area contributed by atoms with Crippen LogP contribution in [0, 0.1) is 29.1 Å². The number of carbonyl (C=O) groups excluding carboxylic acids is 10. The van der Waals surface area contributed by atoms with Crippen LogP contribution in [-0.4, -0.2) is 163 Å². The summed E-state index contributed by atoms with van der Waals surface area (Å²) < 4.78 is 5.66. The monoisotopic (exact) mass is 1240 g/mol. The Morgan fingerprint density at radius 1 is 0.759 bits per heavy atom. The van der Waals surface area contributed by atoms with Crippen molar-refractivity contribution in [2.75, 3.05) is 44.3 Å². The zero-order chi connectivity index (χ0) is 62.8. The lowest BCUT2D eigenvalue weighted by Crippen LogP contribution is -2.62. The Morgan fingerprint density at radius 3 is 2.00 bits per heavy atom. The van der Waals surface area contributed by atoms with E-state index in [1.807, 2.05) is 25.1 Å². The fourth-order valence-corrected chi connectivity index (χ4v) is 15.5. The topological polar surface area (TPSA) is 396 Å². The first-order valence-electron chi connectivity index (χ1n) is 30.4. The van der Waals surface area contributed by atoms with Crippen molar-refractivity contribution in [3.05, 3.63) is 65.7 Å². The minimum atomic E-state index is -1.68. The molecule has 476 valence electrons. The standard InChI is InChI=1S/C60H88N14O11S2/c1-4-85-40-16-14-36(15-17-40)26-42(67-49(76)31-60-28-37-22-38(29-60)24-39(23-37)30-60)53(79)69-43(25-35-10-6-5-7-11-35)55(81)73-50(34(2)3)57(83)70-44(27-48(62)75)54(80)72-46-33-87-86-32-45(51(77)65-20-18-61)71-52(78)41(12-8-19-66-59(63)64)68-56(82)47-13-9-21-74(47)58(46)84/h5-7,10-11,14-17,34,37-39,41-47,50H,4,8-9,12-13,18-33,61H2,1-3H3,(H2,62,75)(H,65,77)(H,67,76)(H,68,82)(H,69,79)(H,70,83)(H,71,78)(H,72,80)(H,73,81)(H4,63,64,66)/t37?,38?,39?,41-,42+,43-,44-,45-,46-,47-,50-,60?/m0/s1. The number of nitrogens with one attached hydrogen (secondary N) is 8. The predicted octanol–water partition coefficient (Wildman–Crippen LogP) is -0.0835. The third kappa shape index (κ3) is 19.7. The predicted molar refractivity (Wildman–Crippen MR) is 330 cm³/mol. The first-order chi connectivity index (χ1) is 41.6.